The highest BCUT2D eigenvalue weighted by Gasteiger charge is 2.25. The Bertz CT molecular complexity index is 1250. The molecule has 0 bridgehead atoms. The van der Waals surface area contributed by atoms with Crippen LogP contribution in [0, 0.1) is 23.1 Å². The van der Waals surface area contributed by atoms with E-state index in [1.54, 1.807) is 12.1 Å². The van der Waals surface area contributed by atoms with E-state index in [9.17, 15) is 13.9 Å². The third-order valence-electron chi connectivity index (χ3n) is 6.31. The second-order valence-electron chi connectivity index (χ2n) is 8.82. The molecule has 1 fully saturated rings. The van der Waals surface area contributed by atoms with E-state index in [4.69, 9.17) is 14.7 Å². The van der Waals surface area contributed by atoms with Gasteiger partial charge >= 0.3 is 0 Å². The Hall–Kier alpha value is -3.89. The van der Waals surface area contributed by atoms with Crippen molar-refractivity contribution in [3.8, 4) is 23.3 Å². The summed E-state index contributed by atoms with van der Waals surface area (Å²) in [6.45, 7) is 5.43. The first-order valence-electron chi connectivity index (χ1n) is 11.8. The number of nitriles is 1. The highest BCUT2D eigenvalue weighted by Crippen LogP contribution is 2.39. The third-order valence-corrected chi connectivity index (χ3v) is 6.31. The first-order chi connectivity index (χ1) is 17.5. The number of nitrogens with zero attached hydrogens (tertiary/aromatic N) is 2. The number of likely N-dealkylation sites (tertiary alicyclic amines) is 1. The molecule has 36 heavy (non-hydrogen) atoms. The molecule has 5 nitrogen and oxygen atoms in total. The van der Waals surface area contributed by atoms with Crippen LogP contribution in [0.1, 0.15) is 23.6 Å². The number of hydrogen-bond donors (Lipinski definition) is 1. The molecule has 0 atom stereocenters. The van der Waals surface area contributed by atoms with E-state index in [0.717, 1.165) is 47.7 Å². The topological polar surface area (TPSA) is 65.7 Å². The SMILES string of the molecule is CC1=C(c2ccc(F)cc2)COc2cc(C#N)c(O)cc21.FCC1CN(CCOc2ccccc2)C1. The van der Waals surface area contributed by atoms with E-state index in [2.05, 4.69) is 4.90 Å². The number of hydrogen-bond acceptors (Lipinski definition) is 5. The largest absolute Gasteiger partial charge is 0.507 e. The number of allylic oxidation sites excluding steroid dienone is 1. The van der Waals surface area contributed by atoms with E-state index in [1.165, 1.54) is 24.3 Å². The summed E-state index contributed by atoms with van der Waals surface area (Å²) in [5.41, 5.74) is 3.70. The van der Waals surface area contributed by atoms with E-state index >= 15 is 0 Å². The first-order valence-corrected chi connectivity index (χ1v) is 11.8. The quantitative estimate of drug-likeness (QED) is 0.481. The van der Waals surface area contributed by atoms with Gasteiger partial charge in [0.2, 0.25) is 0 Å². The monoisotopic (exact) mass is 490 g/mol. The van der Waals surface area contributed by atoms with Gasteiger partial charge in [-0.3, -0.25) is 9.29 Å². The van der Waals surface area contributed by atoms with Crippen LogP contribution in [-0.2, 0) is 0 Å². The van der Waals surface area contributed by atoms with Gasteiger partial charge in [0.15, 0.2) is 0 Å². The minimum Gasteiger partial charge on any atom is -0.507 e. The fourth-order valence-electron chi connectivity index (χ4n) is 4.21. The normalized spacial score (nSPS) is 15.1. The molecule has 2 aliphatic heterocycles. The molecule has 0 amide bonds. The summed E-state index contributed by atoms with van der Waals surface area (Å²) < 4.78 is 36.4. The predicted octanol–water partition coefficient (Wildman–Crippen LogP) is 5.69. The van der Waals surface area contributed by atoms with Gasteiger partial charge in [-0.15, -0.1) is 0 Å². The average Bonchev–Trinajstić information content (AvgIpc) is 2.87. The van der Waals surface area contributed by atoms with E-state index in [-0.39, 0.29) is 29.7 Å². The van der Waals surface area contributed by atoms with Crippen molar-refractivity contribution in [1.82, 2.24) is 4.90 Å². The van der Waals surface area contributed by atoms with Gasteiger partial charge in [0.25, 0.3) is 0 Å². The minimum absolute atomic E-state index is 0.0699. The van der Waals surface area contributed by atoms with Gasteiger partial charge in [-0.25, -0.2) is 4.39 Å². The summed E-state index contributed by atoms with van der Waals surface area (Å²) >= 11 is 0. The number of phenols is 1. The molecule has 2 heterocycles. The van der Waals surface area contributed by atoms with Crippen LogP contribution in [0.2, 0.25) is 0 Å². The molecule has 1 N–H and O–H groups in total. The van der Waals surface area contributed by atoms with Crippen molar-refractivity contribution >= 4 is 11.1 Å². The number of benzene rings is 3. The molecule has 3 aromatic rings. The molecule has 0 spiro atoms. The lowest BCUT2D eigenvalue weighted by Gasteiger charge is -2.37. The molecule has 0 saturated carbocycles. The summed E-state index contributed by atoms with van der Waals surface area (Å²) in [6.07, 6.45) is 0. The smallest absolute Gasteiger partial charge is 0.134 e. The van der Waals surface area contributed by atoms with Crippen molar-refractivity contribution in [1.29, 1.82) is 5.26 Å². The van der Waals surface area contributed by atoms with Crippen LogP contribution in [-0.4, -0.2) is 49.5 Å². The Morgan fingerprint density at radius 1 is 1.11 bits per heavy atom. The Morgan fingerprint density at radius 3 is 2.50 bits per heavy atom. The van der Waals surface area contributed by atoms with E-state index in [0.29, 0.717) is 19.0 Å². The number of ether oxygens (including phenoxy) is 2. The summed E-state index contributed by atoms with van der Waals surface area (Å²) in [5.74, 6) is 1.39. The molecule has 5 rings (SSSR count). The molecule has 7 heteroatoms. The van der Waals surface area contributed by atoms with Crippen molar-refractivity contribution < 1.29 is 23.4 Å². The molecular weight excluding hydrogens is 462 g/mol. The summed E-state index contributed by atoms with van der Waals surface area (Å²) in [5, 5.41) is 18.8. The van der Waals surface area contributed by atoms with Crippen LogP contribution in [0.4, 0.5) is 8.78 Å². The van der Waals surface area contributed by atoms with Gasteiger partial charge in [-0.05, 0) is 48.4 Å². The number of rotatable bonds is 6. The number of aromatic hydroxyl groups is 1. The van der Waals surface area contributed by atoms with Gasteiger partial charge in [-0.2, -0.15) is 5.26 Å². The lowest BCUT2D eigenvalue weighted by Crippen LogP contribution is -2.49. The van der Waals surface area contributed by atoms with Crippen LogP contribution in [0.5, 0.6) is 17.2 Å². The van der Waals surface area contributed by atoms with Crippen molar-refractivity contribution in [2.24, 2.45) is 5.92 Å². The minimum atomic E-state index is -0.287. The number of phenolic OH excluding ortho intramolecular Hbond substituents is 1. The third kappa shape index (κ3) is 6.02. The molecule has 0 radical (unpaired) electrons. The predicted molar refractivity (Wildman–Crippen MR) is 135 cm³/mol. The first kappa shape index (κ1) is 25.2. The number of fused-ring (bicyclic) bond motifs is 1. The molecule has 186 valence electrons. The zero-order chi connectivity index (χ0) is 25.5. The Balaban J connectivity index is 0.000000179. The maximum Gasteiger partial charge on any atom is 0.134 e. The Kier molecular flexibility index (Phi) is 8.19. The zero-order valence-corrected chi connectivity index (χ0v) is 20.1. The molecule has 0 aliphatic carbocycles. The van der Waals surface area contributed by atoms with Crippen LogP contribution in [0.15, 0.2) is 66.7 Å². The van der Waals surface area contributed by atoms with Gasteiger partial charge in [0, 0.05) is 42.8 Å². The molecule has 0 unspecified atom stereocenters. The lowest BCUT2D eigenvalue weighted by atomic mass is 9.93. The van der Waals surface area contributed by atoms with Gasteiger partial charge in [0.05, 0.1) is 12.2 Å². The highest BCUT2D eigenvalue weighted by atomic mass is 19.1. The fourth-order valence-corrected chi connectivity index (χ4v) is 4.21. The van der Waals surface area contributed by atoms with Gasteiger partial charge < -0.3 is 14.6 Å². The van der Waals surface area contributed by atoms with Crippen molar-refractivity contribution in [2.75, 3.05) is 39.5 Å². The Labute approximate surface area is 209 Å². The molecule has 1 saturated heterocycles. The van der Waals surface area contributed by atoms with Gasteiger partial charge in [-0.1, -0.05) is 30.3 Å². The van der Waals surface area contributed by atoms with E-state index in [1.807, 2.05) is 43.3 Å². The van der Waals surface area contributed by atoms with Crippen molar-refractivity contribution in [2.45, 2.75) is 6.92 Å². The standard InChI is InChI=1S/C17H12FNO2.C12H16FNO/c1-10-14-7-16(20)12(8-19)6-17(14)21-9-15(10)11-2-4-13(18)5-3-11;13-8-11-9-14(10-11)6-7-15-12-4-2-1-3-5-12/h2-7,20H,9H2,1H3;1-5,11H,6-10H2. The van der Waals surface area contributed by atoms with Crippen molar-refractivity contribution in [3.05, 3.63) is 89.2 Å². The van der Waals surface area contributed by atoms with Crippen molar-refractivity contribution in [3.63, 3.8) is 0 Å². The van der Waals surface area contributed by atoms with Crippen LogP contribution >= 0.6 is 0 Å². The summed E-state index contributed by atoms with van der Waals surface area (Å²) in [4.78, 5) is 2.22. The van der Waals surface area contributed by atoms with Crippen LogP contribution in [0.25, 0.3) is 11.1 Å². The maximum absolute atomic E-state index is 13.0. The number of halogens is 2. The van der Waals surface area contributed by atoms with E-state index < -0.39 is 0 Å². The highest BCUT2D eigenvalue weighted by molar-refractivity contribution is 5.94. The number of para-hydroxylation sites is 1. The molecule has 0 aromatic heterocycles. The van der Waals surface area contributed by atoms with Crippen LogP contribution in [0.3, 0.4) is 0 Å². The average molecular weight is 491 g/mol. The Morgan fingerprint density at radius 2 is 1.83 bits per heavy atom. The van der Waals surface area contributed by atoms with Crippen LogP contribution < -0.4 is 9.47 Å². The number of alkyl halides is 1. The second kappa shape index (κ2) is 11.7. The maximum atomic E-state index is 13.0. The summed E-state index contributed by atoms with van der Waals surface area (Å²) in [7, 11) is 0. The molecule has 2 aliphatic rings. The van der Waals surface area contributed by atoms with Gasteiger partial charge in [0.1, 0.15) is 42.3 Å². The molecule has 3 aromatic carbocycles. The molecular formula is C29H28F2N2O3. The summed E-state index contributed by atoms with van der Waals surface area (Å²) in [6, 6.07) is 21.0. The lowest BCUT2D eigenvalue weighted by molar-refractivity contribution is 0.0668. The second-order valence-corrected chi connectivity index (χ2v) is 8.82. The fraction of sp³-hybridized carbons (Fsp3) is 0.276. The zero-order valence-electron chi connectivity index (χ0n) is 20.1.